The molecule has 3 rings (SSSR count). The van der Waals surface area contributed by atoms with Gasteiger partial charge < -0.3 is 20.1 Å². The number of fused-ring (bicyclic) bond motifs is 1. The molecule has 108 valence electrons. The fourth-order valence-corrected chi connectivity index (χ4v) is 2.76. The fraction of sp³-hybridized carbons (Fsp3) is 0.533. The van der Waals surface area contributed by atoms with Gasteiger partial charge >= 0.3 is 0 Å². The van der Waals surface area contributed by atoms with E-state index in [1.54, 1.807) is 0 Å². The van der Waals surface area contributed by atoms with Gasteiger partial charge in [0.05, 0.1) is 0 Å². The third-order valence-electron chi connectivity index (χ3n) is 3.83. The predicted molar refractivity (Wildman–Crippen MR) is 74.6 cm³/mol. The van der Waals surface area contributed by atoms with Crippen LogP contribution in [0, 0.1) is 5.92 Å². The predicted octanol–water partition coefficient (Wildman–Crippen LogP) is 1.42. The van der Waals surface area contributed by atoms with Gasteiger partial charge in [-0.25, -0.2) is 0 Å². The number of hydrogen-bond donors (Lipinski definition) is 2. The largest absolute Gasteiger partial charge is 0.454 e. The summed E-state index contributed by atoms with van der Waals surface area (Å²) in [6, 6.07) is 5.75. The number of benzene rings is 1. The van der Waals surface area contributed by atoms with E-state index in [0.717, 1.165) is 43.0 Å². The van der Waals surface area contributed by atoms with Crippen molar-refractivity contribution in [2.75, 3.05) is 19.9 Å². The molecule has 2 heterocycles. The van der Waals surface area contributed by atoms with Crippen molar-refractivity contribution in [3.8, 4) is 11.5 Å². The van der Waals surface area contributed by atoms with E-state index in [9.17, 15) is 4.79 Å². The van der Waals surface area contributed by atoms with Gasteiger partial charge in [0, 0.05) is 18.5 Å². The van der Waals surface area contributed by atoms with Crippen LogP contribution in [0.2, 0.25) is 0 Å². The number of piperidine rings is 1. The topological polar surface area (TPSA) is 59.6 Å². The van der Waals surface area contributed by atoms with Crippen LogP contribution >= 0.6 is 0 Å². The van der Waals surface area contributed by atoms with E-state index in [2.05, 4.69) is 10.6 Å². The average molecular weight is 276 g/mol. The molecule has 1 unspecified atom stereocenters. The molecule has 2 aliphatic rings. The molecule has 0 aromatic heterocycles. The van der Waals surface area contributed by atoms with Crippen molar-refractivity contribution < 1.29 is 14.3 Å². The lowest BCUT2D eigenvalue weighted by Gasteiger charge is -2.22. The van der Waals surface area contributed by atoms with Crippen LogP contribution < -0.4 is 20.1 Å². The quantitative estimate of drug-likeness (QED) is 0.873. The lowest BCUT2D eigenvalue weighted by molar-refractivity contribution is -0.122. The van der Waals surface area contributed by atoms with E-state index in [0.29, 0.717) is 18.9 Å². The molecule has 0 aliphatic carbocycles. The summed E-state index contributed by atoms with van der Waals surface area (Å²) in [7, 11) is 0. The molecule has 5 heteroatoms. The second-order valence-corrected chi connectivity index (χ2v) is 5.34. The summed E-state index contributed by atoms with van der Waals surface area (Å²) in [4.78, 5) is 12.0. The molecule has 1 atom stereocenters. The average Bonchev–Trinajstić information content (AvgIpc) is 2.95. The van der Waals surface area contributed by atoms with Gasteiger partial charge in [-0.05, 0) is 37.9 Å². The maximum absolute atomic E-state index is 12.0. The molecular formula is C15H20N2O3. The van der Waals surface area contributed by atoms with Gasteiger partial charge in [-0.2, -0.15) is 0 Å². The van der Waals surface area contributed by atoms with E-state index in [1.165, 1.54) is 0 Å². The molecule has 0 saturated carbocycles. The smallest absolute Gasteiger partial charge is 0.231 e. The number of nitrogens with one attached hydrogen (secondary N) is 2. The van der Waals surface area contributed by atoms with Gasteiger partial charge in [0.2, 0.25) is 12.7 Å². The Balaban J connectivity index is 1.51. The fourth-order valence-electron chi connectivity index (χ4n) is 2.76. The van der Waals surface area contributed by atoms with Gasteiger partial charge in [-0.3, -0.25) is 4.79 Å². The van der Waals surface area contributed by atoms with Crippen LogP contribution in [0.5, 0.6) is 11.5 Å². The number of rotatable bonds is 4. The minimum atomic E-state index is 0.107. The van der Waals surface area contributed by atoms with Gasteiger partial charge in [-0.1, -0.05) is 12.1 Å². The molecular weight excluding hydrogens is 256 g/mol. The second-order valence-electron chi connectivity index (χ2n) is 5.34. The molecule has 0 radical (unpaired) electrons. The summed E-state index contributed by atoms with van der Waals surface area (Å²) in [6.07, 6.45) is 2.90. The zero-order valence-electron chi connectivity index (χ0n) is 11.5. The molecule has 1 fully saturated rings. The third-order valence-corrected chi connectivity index (χ3v) is 3.83. The Hall–Kier alpha value is -1.75. The van der Waals surface area contributed by atoms with Crippen LogP contribution in [0.15, 0.2) is 18.2 Å². The van der Waals surface area contributed by atoms with Gasteiger partial charge in [-0.15, -0.1) is 0 Å². The Morgan fingerprint density at radius 1 is 1.40 bits per heavy atom. The molecule has 5 nitrogen and oxygen atoms in total. The highest BCUT2D eigenvalue weighted by molar-refractivity contribution is 5.76. The Kier molecular flexibility index (Phi) is 4.06. The number of para-hydroxylation sites is 1. The summed E-state index contributed by atoms with van der Waals surface area (Å²) in [5.74, 6) is 2.08. The summed E-state index contributed by atoms with van der Waals surface area (Å²) in [6.45, 7) is 2.77. The van der Waals surface area contributed by atoms with Gasteiger partial charge in [0.15, 0.2) is 11.5 Å². The Morgan fingerprint density at radius 2 is 2.35 bits per heavy atom. The minimum Gasteiger partial charge on any atom is -0.454 e. The van der Waals surface area contributed by atoms with E-state index in [-0.39, 0.29) is 12.7 Å². The number of carbonyl (C=O) groups excluding carboxylic acids is 1. The van der Waals surface area contributed by atoms with Crippen LogP contribution in [0.4, 0.5) is 0 Å². The molecule has 1 amide bonds. The van der Waals surface area contributed by atoms with Crippen molar-refractivity contribution in [2.24, 2.45) is 5.92 Å². The number of amides is 1. The highest BCUT2D eigenvalue weighted by atomic mass is 16.7. The van der Waals surface area contributed by atoms with E-state index >= 15 is 0 Å². The van der Waals surface area contributed by atoms with Crippen LogP contribution in [0.1, 0.15) is 24.8 Å². The van der Waals surface area contributed by atoms with Crippen LogP contribution in [-0.2, 0) is 11.3 Å². The molecule has 0 spiro atoms. The Morgan fingerprint density at radius 3 is 3.20 bits per heavy atom. The highest BCUT2D eigenvalue weighted by Gasteiger charge is 2.19. The first-order valence-electron chi connectivity index (χ1n) is 7.18. The molecule has 2 aliphatic heterocycles. The van der Waals surface area contributed by atoms with Crippen molar-refractivity contribution in [1.82, 2.24) is 10.6 Å². The number of hydrogen-bond acceptors (Lipinski definition) is 4. The second kappa shape index (κ2) is 6.13. The first kappa shape index (κ1) is 13.2. The first-order chi connectivity index (χ1) is 9.83. The van der Waals surface area contributed by atoms with Crippen molar-refractivity contribution in [3.63, 3.8) is 0 Å². The monoisotopic (exact) mass is 276 g/mol. The lowest BCUT2D eigenvalue weighted by Crippen LogP contribution is -2.34. The van der Waals surface area contributed by atoms with E-state index < -0.39 is 0 Å². The molecule has 0 bridgehead atoms. The summed E-state index contributed by atoms with van der Waals surface area (Å²) >= 11 is 0. The SMILES string of the molecule is O=C(CC1CCCNC1)NCc1cccc2c1OCO2. The third kappa shape index (κ3) is 3.04. The molecule has 20 heavy (non-hydrogen) atoms. The summed E-state index contributed by atoms with van der Waals surface area (Å²) < 4.78 is 10.8. The Bertz CT molecular complexity index is 484. The molecule has 1 saturated heterocycles. The number of ether oxygens (including phenoxy) is 2. The van der Waals surface area contributed by atoms with Gasteiger partial charge in [0.25, 0.3) is 0 Å². The zero-order valence-corrected chi connectivity index (χ0v) is 11.5. The minimum absolute atomic E-state index is 0.107. The standard InChI is InChI=1S/C15H20N2O3/c18-14(7-11-3-2-6-16-8-11)17-9-12-4-1-5-13-15(12)20-10-19-13/h1,4-5,11,16H,2-3,6-10H2,(H,17,18). The molecule has 1 aromatic rings. The van der Waals surface area contributed by atoms with E-state index in [4.69, 9.17) is 9.47 Å². The van der Waals surface area contributed by atoms with Crippen molar-refractivity contribution >= 4 is 5.91 Å². The maximum atomic E-state index is 12.0. The van der Waals surface area contributed by atoms with Gasteiger partial charge in [0.1, 0.15) is 0 Å². The van der Waals surface area contributed by atoms with Crippen LogP contribution in [0.25, 0.3) is 0 Å². The summed E-state index contributed by atoms with van der Waals surface area (Å²) in [5.41, 5.74) is 0.968. The molecule has 1 aromatic carbocycles. The van der Waals surface area contributed by atoms with Crippen molar-refractivity contribution in [2.45, 2.75) is 25.8 Å². The lowest BCUT2D eigenvalue weighted by atomic mass is 9.96. The van der Waals surface area contributed by atoms with Crippen molar-refractivity contribution in [3.05, 3.63) is 23.8 Å². The van der Waals surface area contributed by atoms with E-state index in [1.807, 2.05) is 18.2 Å². The van der Waals surface area contributed by atoms with Crippen LogP contribution in [-0.4, -0.2) is 25.8 Å². The van der Waals surface area contributed by atoms with Crippen molar-refractivity contribution in [1.29, 1.82) is 0 Å². The first-order valence-corrected chi connectivity index (χ1v) is 7.18. The Labute approximate surface area is 118 Å². The van der Waals surface area contributed by atoms with Crippen LogP contribution in [0.3, 0.4) is 0 Å². The number of carbonyl (C=O) groups is 1. The molecule has 2 N–H and O–H groups in total. The highest BCUT2D eigenvalue weighted by Crippen LogP contribution is 2.35. The summed E-state index contributed by atoms with van der Waals surface area (Å²) in [5, 5.41) is 6.31. The maximum Gasteiger partial charge on any atom is 0.231 e. The zero-order chi connectivity index (χ0) is 13.8. The normalized spacial score (nSPS) is 20.7.